The lowest BCUT2D eigenvalue weighted by Crippen LogP contribution is -2.41. The number of phenols is 1. The predicted octanol–water partition coefficient (Wildman–Crippen LogP) is 4.21. The number of fused-ring (bicyclic) bond motifs is 1. The van der Waals surface area contributed by atoms with Crippen LogP contribution in [0.3, 0.4) is 0 Å². The first-order chi connectivity index (χ1) is 14.2. The van der Waals surface area contributed by atoms with Crippen molar-refractivity contribution in [2.24, 2.45) is 0 Å². The molecule has 0 spiro atoms. The Bertz CT molecular complexity index is 1040. The second-order valence-corrected chi connectivity index (χ2v) is 7.46. The number of phenolic OH excluding ortho intramolecular Hbond substituents is 1. The van der Waals surface area contributed by atoms with Gasteiger partial charge in [0.05, 0.1) is 17.5 Å². The smallest absolute Gasteiger partial charge is 0.416 e. The monoisotopic (exact) mass is 421 g/mol. The van der Waals surface area contributed by atoms with Gasteiger partial charge >= 0.3 is 6.18 Å². The van der Waals surface area contributed by atoms with Crippen molar-refractivity contribution < 1.29 is 22.7 Å². The standard InChI is InChI=1S/C20H22F3N5O2/c1-3-28-6-4-5-13(10-28)25-19-27-17-18(30-19)24-9-14(26-17)16-11(2)7-12(8-15(16)29)20(21,22)23/h7-9,13,29H,3-6,10H2,1-2H3,(H,25,26,27). The summed E-state index contributed by atoms with van der Waals surface area (Å²) in [4.78, 5) is 15.2. The zero-order chi connectivity index (χ0) is 21.5. The van der Waals surface area contributed by atoms with Crippen molar-refractivity contribution in [2.45, 2.75) is 38.9 Å². The zero-order valence-corrected chi connectivity index (χ0v) is 16.6. The molecule has 3 aromatic rings. The molecule has 1 fully saturated rings. The topological polar surface area (TPSA) is 87.3 Å². The Balaban J connectivity index is 1.62. The first-order valence-corrected chi connectivity index (χ1v) is 9.78. The van der Waals surface area contributed by atoms with Crippen molar-refractivity contribution in [1.82, 2.24) is 19.9 Å². The molecule has 30 heavy (non-hydrogen) atoms. The SMILES string of the molecule is CCN1CCCC(Nc2nc3nc(-c4c(C)cc(C(F)(F)F)cc4O)cnc3o2)C1. The van der Waals surface area contributed by atoms with Crippen LogP contribution in [0.4, 0.5) is 19.2 Å². The largest absolute Gasteiger partial charge is 0.507 e. The summed E-state index contributed by atoms with van der Waals surface area (Å²) in [5.41, 5.74) is 0.156. The van der Waals surface area contributed by atoms with Gasteiger partial charge in [-0.2, -0.15) is 18.2 Å². The average molecular weight is 421 g/mol. The van der Waals surface area contributed by atoms with Crippen molar-refractivity contribution in [1.29, 1.82) is 0 Å². The number of rotatable bonds is 4. The van der Waals surface area contributed by atoms with Gasteiger partial charge in [-0.15, -0.1) is 0 Å². The molecular weight excluding hydrogens is 399 g/mol. The van der Waals surface area contributed by atoms with E-state index in [0.29, 0.717) is 12.1 Å². The molecule has 1 atom stereocenters. The zero-order valence-electron chi connectivity index (χ0n) is 16.6. The van der Waals surface area contributed by atoms with E-state index in [1.807, 2.05) is 0 Å². The van der Waals surface area contributed by atoms with Gasteiger partial charge in [-0.05, 0) is 50.6 Å². The maximum atomic E-state index is 13.0. The van der Waals surface area contributed by atoms with E-state index >= 15 is 0 Å². The molecule has 0 aliphatic carbocycles. The van der Waals surface area contributed by atoms with Crippen molar-refractivity contribution in [2.75, 3.05) is 25.0 Å². The molecule has 4 rings (SSSR count). The summed E-state index contributed by atoms with van der Waals surface area (Å²) in [6.45, 7) is 6.54. The summed E-state index contributed by atoms with van der Waals surface area (Å²) in [7, 11) is 0. The van der Waals surface area contributed by atoms with Crippen LogP contribution in [0.2, 0.25) is 0 Å². The number of nitrogens with zero attached hydrogens (tertiary/aromatic N) is 4. The van der Waals surface area contributed by atoms with E-state index in [2.05, 4.69) is 32.1 Å². The van der Waals surface area contributed by atoms with Crippen LogP contribution in [-0.2, 0) is 6.18 Å². The number of oxazole rings is 1. The molecule has 0 saturated carbocycles. The molecular formula is C20H22F3N5O2. The third-order valence-corrected chi connectivity index (χ3v) is 5.30. The number of nitrogens with one attached hydrogen (secondary N) is 1. The molecule has 2 N–H and O–H groups in total. The molecule has 0 bridgehead atoms. The second kappa shape index (κ2) is 7.75. The maximum Gasteiger partial charge on any atom is 0.416 e. The van der Waals surface area contributed by atoms with Gasteiger partial charge in [0.1, 0.15) is 5.75 Å². The van der Waals surface area contributed by atoms with E-state index < -0.39 is 17.5 Å². The highest BCUT2D eigenvalue weighted by molar-refractivity contribution is 5.75. The summed E-state index contributed by atoms with van der Waals surface area (Å²) in [5, 5.41) is 13.5. The Hall–Kier alpha value is -2.88. The quantitative estimate of drug-likeness (QED) is 0.652. The number of likely N-dealkylation sites (N-methyl/N-ethyl adjacent to an activating group) is 1. The fourth-order valence-electron chi connectivity index (χ4n) is 3.81. The van der Waals surface area contributed by atoms with Crippen LogP contribution in [0.25, 0.3) is 22.6 Å². The lowest BCUT2D eigenvalue weighted by molar-refractivity contribution is -0.137. The number of benzene rings is 1. The molecule has 160 valence electrons. The van der Waals surface area contributed by atoms with Gasteiger partial charge < -0.3 is 19.7 Å². The molecule has 1 aliphatic rings. The van der Waals surface area contributed by atoms with Gasteiger partial charge in [-0.25, -0.2) is 9.97 Å². The highest BCUT2D eigenvalue weighted by Crippen LogP contribution is 2.38. The lowest BCUT2D eigenvalue weighted by atomic mass is 10.0. The maximum absolute atomic E-state index is 13.0. The number of aromatic nitrogens is 3. The van der Waals surface area contributed by atoms with Crippen molar-refractivity contribution >= 4 is 17.4 Å². The third-order valence-electron chi connectivity index (χ3n) is 5.30. The number of hydrogen-bond donors (Lipinski definition) is 2. The van der Waals surface area contributed by atoms with Gasteiger partial charge in [0.2, 0.25) is 5.65 Å². The molecule has 1 unspecified atom stereocenters. The fraction of sp³-hybridized carbons (Fsp3) is 0.450. The highest BCUT2D eigenvalue weighted by atomic mass is 19.4. The van der Waals surface area contributed by atoms with E-state index in [-0.39, 0.29) is 34.2 Å². The first kappa shape index (κ1) is 20.4. The van der Waals surface area contributed by atoms with Crippen molar-refractivity contribution in [3.63, 3.8) is 0 Å². The molecule has 0 amide bonds. The second-order valence-electron chi connectivity index (χ2n) is 7.46. The number of hydrogen-bond acceptors (Lipinski definition) is 7. The number of alkyl halides is 3. The Labute approximate surface area is 171 Å². The number of aromatic hydroxyl groups is 1. The van der Waals surface area contributed by atoms with Gasteiger partial charge in [0.25, 0.3) is 11.7 Å². The predicted molar refractivity (Wildman–Crippen MR) is 105 cm³/mol. The van der Waals surface area contributed by atoms with E-state index in [4.69, 9.17) is 4.42 Å². The van der Waals surface area contributed by atoms with E-state index in [1.165, 1.54) is 13.1 Å². The summed E-state index contributed by atoms with van der Waals surface area (Å²) < 4.78 is 44.5. The Kier molecular flexibility index (Phi) is 5.27. The molecule has 3 heterocycles. The minimum absolute atomic E-state index is 0.181. The highest BCUT2D eigenvalue weighted by Gasteiger charge is 2.32. The van der Waals surface area contributed by atoms with E-state index in [9.17, 15) is 18.3 Å². The minimum Gasteiger partial charge on any atom is -0.507 e. The number of halogens is 3. The normalized spacial score (nSPS) is 18.1. The van der Waals surface area contributed by atoms with E-state index in [1.54, 1.807) is 0 Å². The van der Waals surface area contributed by atoms with E-state index in [0.717, 1.165) is 38.5 Å². The fourth-order valence-corrected chi connectivity index (χ4v) is 3.81. The van der Waals surface area contributed by atoms with Gasteiger partial charge in [-0.1, -0.05) is 6.92 Å². The molecule has 1 aromatic carbocycles. The molecule has 1 saturated heterocycles. The Morgan fingerprint density at radius 1 is 1.30 bits per heavy atom. The molecule has 1 aliphatic heterocycles. The van der Waals surface area contributed by atoms with Crippen LogP contribution in [0.15, 0.2) is 22.7 Å². The summed E-state index contributed by atoms with van der Waals surface area (Å²) in [6.07, 6.45) is -1.11. The van der Waals surface area contributed by atoms with Crippen LogP contribution < -0.4 is 5.32 Å². The number of anilines is 1. The van der Waals surface area contributed by atoms with Gasteiger partial charge in [-0.3, -0.25) is 0 Å². The van der Waals surface area contributed by atoms with Crippen molar-refractivity contribution in [3.8, 4) is 17.0 Å². The van der Waals surface area contributed by atoms with Gasteiger partial charge in [0.15, 0.2) is 0 Å². The lowest BCUT2D eigenvalue weighted by Gasteiger charge is -2.31. The average Bonchev–Trinajstić information content (AvgIpc) is 3.08. The third kappa shape index (κ3) is 4.04. The Morgan fingerprint density at radius 3 is 2.80 bits per heavy atom. The molecule has 7 nitrogen and oxygen atoms in total. The molecule has 0 radical (unpaired) electrons. The minimum atomic E-state index is -4.55. The number of likely N-dealkylation sites (tertiary alicyclic amines) is 1. The van der Waals surface area contributed by atoms with Crippen LogP contribution in [0, 0.1) is 6.92 Å². The van der Waals surface area contributed by atoms with Crippen LogP contribution in [0.1, 0.15) is 30.9 Å². The summed E-state index contributed by atoms with van der Waals surface area (Å²) >= 11 is 0. The first-order valence-electron chi connectivity index (χ1n) is 9.78. The summed E-state index contributed by atoms with van der Waals surface area (Å²) in [6, 6.07) is 2.16. The number of aryl methyl sites for hydroxylation is 1. The molecule has 2 aromatic heterocycles. The van der Waals surface area contributed by atoms with Crippen LogP contribution in [-0.4, -0.2) is 50.6 Å². The van der Waals surface area contributed by atoms with Crippen LogP contribution >= 0.6 is 0 Å². The Morgan fingerprint density at radius 2 is 2.10 bits per heavy atom. The number of piperidine rings is 1. The van der Waals surface area contributed by atoms with Crippen molar-refractivity contribution in [3.05, 3.63) is 29.5 Å². The van der Waals surface area contributed by atoms with Gasteiger partial charge in [0, 0.05) is 18.2 Å². The van der Waals surface area contributed by atoms with Crippen LogP contribution in [0.5, 0.6) is 5.75 Å². The molecule has 10 heteroatoms. The summed E-state index contributed by atoms with van der Waals surface area (Å²) in [5.74, 6) is -0.514.